The van der Waals surface area contributed by atoms with Crippen molar-refractivity contribution in [3.63, 3.8) is 0 Å². The Labute approximate surface area is 250 Å². The molecule has 5 N–H and O–H groups in total. The zero-order valence-corrected chi connectivity index (χ0v) is 26.7. The maximum Gasteiger partial charge on any atom is 0.315 e. The van der Waals surface area contributed by atoms with E-state index < -0.39 is 46.8 Å². The van der Waals surface area contributed by atoms with Gasteiger partial charge in [-0.1, -0.05) is 53.3 Å². The minimum atomic E-state index is -0.889. The highest BCUT2D eigenvalue weighted by atomic mass is 16.5. The maximum atomic E-state index is 14.4. The van der Waals surface area contributed by atoms with E-state index >= 15 is 0 Å². The van der Waals surface area contributed by atoms with E-state index in [1.807, 2.05) is 41.5 Å². The van der Waals surface area contributed by atoms with Gasteiger partial charge in [0.05, 0.1) is 25.0 Å². The lowest BCUT2D eigenvalue weighted by Gasteiger charge is -2.37. The number of fused-ring (bicyclic) bond motifs is 1. The van der Waals surface area contributed by atoms with Crippen molar-refractivity contribution in [2.24, 2.45) is 33.3 Å². The third-order valence-corrected chi connectivity index (χ3v) is 10.6. The number of nitrogens with two attached hydrogens (primary N) is 1. The fourth-order valence-corrected chi connectivity index (χ4v) is 7.54. The molecule has 4 rings (SSSR count). The lowest BCUT2D eigenvalue weighted by Crippen LogP contribution is -2.61. The van der Waals surface area contributed by atoms with Crippen LogP contribution < -0.4 is 21.7 Å². The van der Waals surface area contributed by atoms with Gasteiger partial charge in [-0.25, -0.2) is 4.79 Å². The second kappa shape index (κ2) is 10.4. The molecule has 2 saturated carbocycles. The Hall–Kier alpha value is -2.88. The molecule has 0 bridgehead atoms. The van der Waals surface area contributed by atoms with Crippen LogP contribution in [0.4, 0.5) is 4.79 Å². The summed E-state index contributed by atoms with van der Waals surface area (Å²) >= 11 is 0. The van der Waals surface area contributed by atoms with Crippen molar-refractivity contribution in [3.05, 3.63) is 24.4 Å². The average molecular weight is 586 g/mol. The number of rotatable bonds is 8. The quantitative estimate of drug-likeness (QED) is 0.255. The number of hydrogen-bond donors (Lipinski definition) is 4. The van der Waals surface area contributed by atoms with Gasteiger partial charge in [-0.05, 0) is 63.2 Å². The zero-order chi connectivity index (χ0) is 31.6. The Kier molecular flexibility index (Phi) is 7.92. The van der Waals surface area contributed by atoms with Crippen LogP contribution in [0.3, 0.4) is 0 Å². The predicted molar refractivity (Wildman–Crippen MR) is 161 cm³/mol. The largest absolute Gasteiger partial charge is 0.396 e. The van der Waals surface area contributed by atoms with Crippen LogP contribution in [0.5, 0.6) is 0 Å². The first-order valence-electron chi connectivity index (χ1n) is 15.1. The molecule has 10 nitrogen and oxygen atoms in total. The molecule has 2 aliphatic carbocycles. The summed E-state index contributed by atoms with van der Waals surface area (Å²) in [6.45, 7) is 24.9. The number of hydrogen-bond acceptors (Lipinski definition) is 6. The summed E-state index contributed by atoms with van der Waals surface area (Å²) in [6, 6.07) is -3.01. The topological polar surface area (TPSA) is 143 Å². The standard InChI is InChI=1S/C32H51N5O5/c1-18-11-12-20(18)13-21(23(38)19(2)33)34-25(39)22-14-31(30(9,10)32(31)16-42-17-32)15-37(22)26(40)24(28(3,4)5)35-27(41)36-29(6,7)8/h20-22,24H,1-2,11-17,33H2,3-10H3,(H,34,39)(H2,35,36,41)/t20?,21?,22?,24-,31?/m1/s1. The number of ketones is 1. The summed E-state index contributed by atoms with van der Waals surface area (Å²) < 4.78 is 5.66. The van der Waals surface area contributed by atoms with Crippen molar-refractivity contribution in [3.8, 4) is 0 Å². The van der Waals surface area contributed by atoms with Crippen molar-refractivity contribution in [1.82, 2.24) is 20.9 Å². The van der Waals surface area contributed by atoms with E-state index in [0.717, 1.165) is 18.4 Å². The summed E-state index contributed by atoms with van der Waals surface area (Å²) in [5.74, 6) is -1.01. The van der Waals surface area contributed by atoms with Crippen LogP contribution in [0.25, 0.3) is 0 Å². The summed E-state index contributed by atoms with van der Waals surface area (Å²) in [7, 11) is 0. The van der Waals surface area contributed by atoms with Crippen LogP contribution >= 0.6 is 0 Å². The number of nitrogens with zero attached hydrogens (tertiary/aromatic N) is 1. The molecule has 4 unspecified atom stereocenters. The average Bonchev–Trinajstić information content (AvgIpc) is 3.06. The summed E-state index contributed by atoms with van der Waals surface area (Å²) in [5, 5.41) is 8.73. The molecular weight excluding hydrogens is 534 g/mol. The first-order valence-corrected chi connectivity index (χ1v) is 15.1. The van der Waals surface area contributed by atoms with Crippen LogP contribution in [0.2, 0.25) is 0 Å². The second-order valence-electron chi connectivity index (χ2n) is 15.7. The molecule has 0 aromatic carbocycles. The van der Waals surface area contributed by atoms with Gasteiger partial charge in [0.2, 0.25) is 11.8 Å². The Morgan fingerprint density at radius 3 is 2.10 bits per heavy atom. The number of nitrogens with one attached hydrogen (secondary N) is 3. The Bertz CT molecular complexity index is 1190. The second-order valence-corrected chi connectivity index (χ2v) is 15.7. The Balaban J connectivity index is 1.64. The van der Waals surface area contributed by atoms with E-state index in [1.54, 1.807) is 4.90 Å². The van der Waals surface area contributed by atoms with Crippen molar-refractivity contribution < 1.29 is 23.9 Å². The lowest BCUT2D eigenvalue weighted by molar-refractivity contribution is -0.142. The van der Waals surface area contributed by atoms with Gasteiger partial charge in [-0.2, -0.15) is 0 Å². The number of urea groups is 1. The molecule has 4 fully saturated rings. The minimum Gasteiger partial charge on any atom is -0.396 e. The van der Waals surface area contributed by atoms with E-state index in [-0.39, 0.29) is 33.8 Å². The van der Waals surface area contributed by atoms with Gasteiger partial charge in [0.25, 0.3) is 0 Å². The van der Waals surface area contributed by atoms with Crippen LogP contribution in [0, 0.1) is 27.6 Å². The van der Waals surface area contributed by atoms with E-state index in [2.05, 4.69) is 43.0 Å². The molecular formula is C32H51N5O5. The third kappa shape index (κ3) is 5.24. The highest BCUT2D eigenvalue weighted by molar-refractivity contribution is 6.01. The molecule has 4 aliphatic rings. The van der Waals surface area contributed by atoms with E-state index in [4.69, 9.17) is 10.5 Å². The van der Waals surface area contributed by atoms with Crippen LogP contribution in [0.1, 0.15) is 81.1 Å². The smallest absolute Gasteiger partial charge is 0.315 e. The fraction of sp³-hybridized carbons (Fsp3) is 0.750. The van der Waals surface area contributed by atoms with E-state index in [9.17, 15) is 19.2 Å². The van der Waals surface area contributed by atoms with Gasteiger partial charge in [-0.15, -0.1) is 0 Å². The van der Waals surface area contributed by atoms with E-state index in [0.29, 0.717) is 32.6 Å². The van der Waals surface area contributed by atoms with Gasteiger partial charge >= 0.3 is 6.03 Å². The molecule has 2 aliphatic heterocycles. The van der Waals surface area contributed by atoms with Gasteiger partial charge in [-0.3, -0.25) is 14.4 Å². The first kappa shape index (κ1) is 32.0. The molecule has 42 heavy (non-hydrogen) atoms. The monoisotopic (exact) mass is 585 g/mol. The fourth-order valence-electron chi connectivity index (χ4n) is 7.54. The lowest BCUT2D eigenvalue weighted by atomic mass is 9.76. The molecule has 0 radical (unpaired) electrons. The number of ether oxygens (including phenoxy) is 1. The highest BCUT2D eigenvalue weighted by Crippen LogP contribution is 2.84. The van der Waals surface area contributed by atoms with Crippen molar-refractivity contribution in [2.45, 2.75) is 105 Å². The number of carbonyl (C=O) groups is 4. The number of carbonyl (C=O) groups excluding carboxylic acids is 4. The van der Waals surface area contributed by atoms with Gasteiger partial charge in [0.15, 0.2) is 5.78 Å². The molecule has 2 spiro atoms. The summed E-state index contributed by atoms with van der Waals surface area (Å²) in [5.41, 5.74) is 5.02. The molecule has 0 aromatic heterocycles. The molecule has 234 valence electrons. The minimum absolute atomic E-state index is 0.114. The SMILES string of the molecule is C=C(N)C(=O)C(CC1CCC1=C)NC(=O)C1CC2(CN1C(=O)[C@@H](NC(=O)NC(C)(C)C)C(C)(C)C)C(C)(C)C21COC1. The van der Waals surface area contributed by atoms with Gasteiger partial charge in [0.1, 0.15) is 12.1 Å². The third-order valence-electron chi connectivity index (χ3n) is 10.6. The normalized spacial score (nSPS) is 28.8. The van der Waals surface area contributed by atoms with Crippen molar-refractivity contribution >= 4 is 23.6 Å². The molecule has 10 heteroatoms. The molecule has 2 saturated heterocycles. The number of Topliss-reactive ketones (excluding diaryl/α,β-unsaturated/α-hetero) is 1. The number of amides is 4. The van der Waals surface area contributed by atoms with Crippen LogP contribution in [0.15, 0.2) is 24.4 Å². The Morgan fingerprint density at radius 1 is 1.07 bits per heavy atom. The van der Waals surface area contributed by atoms with Crippen LogP contribution in [-0.2, 0) is 19.1 Å². The number of likely N-dealkylation sites (tertiary alicyclic amines) is 1. The molecule has 0 aromatic rings. The van der Waals surface area contributed by atoms with E-state index in [1.165, 1.54) is 0 Å². The first-order chi connectivity index (χ1) is 19.2. The maximum absolute atomic E-state index is 14.4. The summed E-state index contributed by atoms with van der Waals surface area (Å²) in [6.07, 6.45) is 2.65. The number of allylic oxidation sites excluding steroid dienone is 1. The molecule has 5 atom stereocenters. The molecule has 2 heterocycles. The Morgan fingerprint density at radius 2 is 1.69 bits per heavy atom. The summed E-state index contributed by atoms with van der Waals surface area (Å²) in [4.78, 5) is 56.2. The zero-order valence-electron chi connectivity index (χ0n) is 26.7. The van der Waals surface area contributed by atoms with Crippen molar-refractivity contribution in [1.29, 1.82) is 0 Å². The van der Waals surface area contributed by atoms with Gasteiger partial charge < -0.3 is 31.3 Å². The predicted octanol–water partition coefficient (Wildman–Crippen LogP) is 3.03. The highest BCUT2D eigenvalue weighted by Gasteiger charge is 2.86. The van der Waals surface area contributed by atoms with Crippen molar-refractivity contribution in [2.75, 3.05) is 19.8 Å². The van der Waals surface area contributed by atoms with Crippen LogP contribution in [-0.4, -0.2) is 72.0 Å². The molecule has 4 amide bonds. The van der Waals surface area contributed by atoms with Gasteiger partial charge in [0, 0.05) is 22.9 Å².